The third-order valence-electron chi connectivity index (χ3n) is 3.51. The van der Waals surface area contributed by atoms with Crippen molar-refractivity contribution >= 4 is 11.6 Å². The summed E-state index contributed by atoms with van der Waals surface area (Å²) < 4.78 is 5.56. The molecule has 0 saturated heterocycles. The largest absolute Gasteiger partial charge is 0.483 e. The van der Waals surface area contributed by atoms with Crippen molar-refractivity contribution in [3.63, 3.8) is 0 Å². The fourth-order valence-electron chi connectivity index (χ4n) is 2.07. The predicted molar refractivity (Wildman–Crippen MR) is 87.0 cm³/mol. The van der Waals surface area contributed by atoms with Crippen molar-refractivity contribution in [1.29, 1.82) is 0 Å². The van der Waals surface area contributed by atoms with Gasteiger partial charge in [-0.05, 0) is 24.0 Å². The van der Waals surface area contributed by atoms with Crippen molar-refractivity contribution in [2.24, 2.45) is 0 Å². The lowest BCUT2D eigenvalue weighted by Gasteiger charge is -2.15. The molecule has 1 heterocycles. The van der Waals surface area contributed by atoms with Gasteiger partial charge in [-0.1, -0.05) is 32.0 Å². The topological polar surface area (TPSA) is 104 Å². The highest BCUT2D eigenvalue weighted by Crippen LogP contribution is 2.28. The third-order valence-corrected chi connectivity index (χ3v) is 3.51. The molecular weight excluding hydrogens is 298 g/mol. The predicted octanol–water partition coefficient (Wildman–Crippen LogP) is 1.59. The Morgan fingerprint density at radius 3 is 2.74 bits per heavy atom. The van der Waals surface area contributed by atoms with E-state index in [1.165, 1.54) is 0 Å². The SMILES string of the molecule is CC[C@H](C)c1ccccc1OCC(=O)Nc1c[nH]c(=O)[nH]c1=O. The van der Waals surface area contributed by atoms with Gasteiger partial charge in [-0.3, -0.25) is 14.6 Å². The van der Waals surface area contributed by atoms with Gasteiger partial charge in [-0.25, -0.2) is 4.79 Å². The molecule has 122 valence electrons. The van der Waals surface area contributed by atoms with E-state index in [1.807, 2.05) is 29.2 Å². The highest BCUT2D eigenvalue weighted by Gasteiger charge is 2.12. The molecular formula is C16H19N3O4. The summed E-state index contributed by atoms with van der Waals surface area (Å²) in [7, 11) is 0. The lowest BCUT2D eigenvalue weighted by atomic mass is 9.98. The smallest absolute Gasteiger partial charge is 0.325 e. The van der Waals surface area contributed by atoms with Gasteiger partial charge in [0, 0.05) is 6.20 Å². The number of H-pyrrole nitrogens is 2. The molecule has 0 fully saturated rings. The molecule has 0 unspecified atom stereocenters. The minimum Gasteiger partial charge on any atom is -0.483 e. The number of amides is 1. The van der Waals surface area contributed by atoms with Gasteiger partial charge in [0.05, 0.1) is 0 Å². The first-order valence-electron chi connectivity index (χ1n) is 7.34. The van der Waals surface area contributed by atoms with E-state index in [9.17, 15) is 14.4 Å². The summed E-state index contributed by atoms with van der Waals surface area (Å²) in [5, 5.41) is 2.39. The van der Waals surface area contributed by atoms with Crippen LogP contribution in [0.4, 0.5) is 5.69 Å². The van der Waals surface area contributed by atoms with Crippen molar-refractivity contribution in [3.8, 4) is 5.75 Å². The molecule has 0 spiro atoms. The van der Waals surface area contributed by atoms with E-state index in [4.69, 9.17) is 4.74 Å². The molecule has 1 aromatic heterocycles. The van der Waals surface area contributed by atoms with Crippen LogP contribution in [0.1, 0.15) is 31.7 Å². The van der Waals surface area contributed by atoms with Crippen LogP contribution in [0.5, 0.6) is 5.75 Å². The number of anilines is 1. The first kappa shape index (κ1) is 16.5. The second-order valence-electron chi connectivity index (χ2n) is 5.17. The minimum absolute atomic E-state index is 0.0339. The van der Waals surface area contributed by atoms with E-state index >= 15 is 0 Å². The number of hydrogen-bond acceptors (Lipinski definition) is 4. The molecule has 0 aliphatic heterocycles. The van der Waals surface area contributed by atoms with Crippen molar-refractivity contribution in [2.75, 3.05) is 11.9 Å². The number of carbonyl (C=O) groups is 1. The lowest BCUT2D eigenvalue weighted by molar-refractivity contribution is -0.118. The summed E-state index contributed by atoms with van der Waals surface area (Å²) in [5.41, 5.74) is -0.299. The number of aromatic amines is 2. The number of hydrogen-bond donors (Lipinski definition) is 3. The van der Waals surface area contributed by atoms with Crippen LogP contribution >= 0.6 is 0 Å². The first-order valence-corrected chi connectivity index (χ1v) is 7.34. The summed E-state index contributed by atoms with van der Waals surface area (Å²) in [6, 6.07) is 7.54. The van der Waals surface area contributed by atoms with E-state index < -0.39 is 17.2 Å². The maximum atomic E-state index is 11.9. The standard InChI is InChI=1S/C16H19N3O4/c1-3-10(2)11-6-4-5-7-13(11)23-9-14(20)18-12-8-17-16(22)19-15(12)21/h4-8,10H,3,9H2,1-2H3,(H,18,20)(H2,17,19,21,22)/t10-/m0/s1. The van der Waals surface area contributed by atoms with Crippen molar-refractivity contribution in [2.45, 2.75) is 26.2 Å². The Morgan fingerprint density at radius 1 is 1.30 bits per heavy atom. The van der Waals surface area contributed by atoms with E-state index in [2.05, 4.69) is 24.1 Å². The Labute approximate surface area is 132 Å². The van der Waals surface area contributed by atoms with Crippen LogP contribution in [0, 0.1) is 0 Å². The van der Waals surface area contributed by atoms with Gasteiger partial charge in [0.2, 0.25) is 0 Å². The molecule has 0 aliphatic carbocycles. The third kappa shape index (κ3) is 4.32. The molecule has 7 nitrogen and oxygen atoms in total. The zero-order valence-electron chi connectivity index (χ0n) is 13.0. The Bertz CT molecular complexity index is 794. The maximum Gasteiger partial charge on any atom is 0.325 e. The van der Waals surface area contributed by atoms with Gasteiger partial charge in [-0.15, -0.1) is 0 Å². The van der Waals surface area contributed by atoms with Crippen molar-refractivity contribution in [1.82, 2.24) is 9.97 Å². The van der Waals surface area contributed by atoms with Crippen LogP contribution in [0.3, 0.4) is 0 Å². The summed E-state index contributed by atoms with van der Waals surface area (Å²) in [6.07, 6.45) is 2.10. The first-order chi connectivity index (χ1) is 11.0. The quantitative estimate of drug-likeness (QED) is 0.752. The van der Waals surface area contributed by atoms with Gasteiger partial charge < -0.3 is 15.0 Å². The molecule has 2 aromatic rings. The number of rotatable bonds is 6. The molecule has 23 heavy (non-hydrogen) atoms. The van der Waals surface area contributed by atoms with Crippen molar-refractivity contribution < 1.29 is 9.53 Å². The molecule has 1 atom stereocenters. The number of aromatic nitrogens is 2. The minimum atomic E-state index is -0.665. The van der Waals surface area contributed by atoms with Crippen LogP contribution < -0.4 is 21.3 Å². The summed E-state index contributed by atoms with van der Waals surface area (Å²) in [5.74, 6) is 0.477. The average Bonchev–Trinajstić information content (AvgIpc) is 2.55. The van der Waals surface area contributed by atoms with Crippen LogP contribution in [0.2, 0.25) is 0 Å². The van der Waals surface area contributed by atoms with Gasteiger partial charge in [0.15, 0.2) is 6.61 Å². The molecule has 1 amide bonds. The Hall–Kier alpha value is -2.83. The normalized spacial score (nSPS) is 11.7. The van der Waals surface area contributed by atoms with E-state index in [1.54, 1.807) is 0 Å². The van der Waals surface area contributed by atoms with Crippen LogP contribution in [-0.2, 0) is 4.79 Å². The summed E-state index contributed by atoms with van der Waals surface area (Å²) >= 11 is 0. The van der Waals surface area contributed by atoms with Crippen LogP contribution in [-0.4, -0.2) is 22.5 Å². The van der Waals surface area contributed by atoms with Gasteiger partial charge in [0.1, 0.15) is 11.4 Å². The second-order valence-corrected chi connectivity index (χ2v) is 5.17. The molecule has 1 aromatic carbocycles. The zero-order valence-corrected chi connectivity index (χ0v) is 13.0. The fraction of sp³-hybridized carbons (Fsp3) is 0.312. The Balaban J connectivity index is 2.02. The molecule has 0 aliphatic rings. The van der Waals surface area contributed by atoms with Gasteiger partial charge in [0.25, 0.3) is 11.5 Å². The molecule has 0 radical (unpaired) electrons. The summed E-state index contributed by atoms with van der Waals surface area (Å²) in [4.78, 5) is 38.6. The molecule has 3 N–H and O–H groups in total. The highest BCUT2D eigenvalue weighted by molar-refractivity contribution is 5.91. The fourth-order valence-corrected chi connectivity index (χ4v) is 2.07. The van der Waals surface area contributed by atoms with Crippen LogP contribution in [0.15, 0.2) is 40.1 Å². The Morgan fingerprint density at radius 2 is 2.04 bits per heavy atom. The monoisotopic (exact) mass is 317 g/mol. The highest BCUT2D eigenvalue weighted by atomic mass is 16.5. The maximum absolute atomic E-state index is 11.9. The van der Waals surface area contributed by atoms with E-state index in [0.29, 0.717) is 11.7 Å². The van der Waals surface area contributed by atoms with E-state index in [-0.39, 0.29) is 12.3 Å². The molecule has 0 saturated carbocycles. The van der Waals surface area contributed by atoms with Gasteiger partial charge in [-0.2, -0.15) is 0 Å². The molecule has 7 heteroatoms. The Kier molecular flexibility index (Phi) is 5.35. The number of ether oxygens (including phenoxy) is 1. The zero-order chi connectivity index (χ0) is 16.8. The van der Waals surface area contributed by atoms with Gasteiger partial charge >= 0.3 is 5.69 Å². The van der Waals surface area contributed by atoms with E-state index in [0.717, 1.165) is 18.2 Å². The summed E-state index contributed by atoms with van der Waals surface area (Å²) in [6.45, 7) is 3.94. The van der Waals surface area contributed by atoms with Crippen LogP contribution in [0.25, 0.3) is 0 Å². The second kappa shape index (κ2) is 7.44. The molecule has 2 rings (SSSR count). The number of carbonyl (C=O) groups excluding carboxylic acids is 1. The number of para-hydroxylation sites is 1. The average molecular weight is 317 g/mol. The number of nitrogens with one attached hydrogen (secondary N) is 3. The number of benzene rings is 1. The lowest BCUT2D eigenvalue weighted by Crippen LogP contribution is -2.28. The molecule has 0 bridgehead atoms. The van der Waals surface area contributed by atoms with Crippen molar-refractivity contribution in [3.05, 3.63) is 56.9 Å².